The van der Waals surface area contributed by atoms with Gasteiger partial charge in [0.25, 0.3) is 0 Å². The van der Waals surface area contributed by atoms with E-state index in [4.69, 9.17) is 10.0 Å². The standard InChI is InChI=1S/C8H11B2NO3/c9-8(12)11-5-6-1-3-7(4-2-6)10(13)14/h1-4,13-14H,5,9H2,(H,11,12). The van der Waals surface area contributed by atoms with Crippen molar-refractivity contribution in [3.63, 3.8) is 0 Å². The third-order valence-corrected chi connectivity index (χ3v) is 1.82. The van der Waals surface area contributed by atoms with Crippen LogP contribution in [0.3, 0.4) is 0 Å². The molecule has 0 unspecified atom stereocenters. The molecule has 0 atom stereocenters. The van der Waals surface area contributed by atoms with Crippen LogP contribution in [0.5, 0.6) is 0 Å². The van der Waals surface area contributed by atoms with Crippen LogP contribution in [0.4, 0.5) is 4.79 Å². The minimum absolute atomic E-state index is 0.0868. The molecule has 0 bridgehead atoms. The summed E-state index contributed by atoms with van der Waals surface area (Å²) in [4.78, 5) is 10.6. The smallest absolute Gasteiger partial charge is 0.423 e. The second kappa shape index (κ2) is 4.83. The molecular formula is C8H11B2NO3. The van der Waals surface area contributed by atoms with Crippen LogP contribution >= 0.6 is 0 Å². The number of hydrogen-bond donors (Lipinski definition) is 3. The number of rotatable bonds is 3. The molecule has 1 amide bonds. The molecule has 1 aromatic rings. The van der Waals surface area contributed by atoms with E-state index in [1.54, 1.807) is 24.3 Å². The van der Waals surface area contributed by atoms with Crippen LogP contribution in [0.25, 0.3) is 0 Å². The van der Waals surface area contributed by atoms with E-state index in [-0.39, 0.29) is 5.81 Å². The van der Waals surface area contributed by atoms with E-state index in [0.717, 1.165) is 5.56 Å². The normalized spacial score (nSPS) is 9.57. The van der Waals surface area contributed by atoms with Gasteiger partial charge < -0.3 is 15.4 Å². The maximum absolute atomic E-state index is 10.6. The summed E-state index contributed by atoms with van der Waals surface area (Å²) in [7, 11) is 0.0103. The average molecular weight is 191 g/mol. The highest BCUT2D eigenvalue weighted by atomic mass is 16.4. The van der Waals surface area contributed by atoms with E-state index in [1.807, 2.05) is 0 Å². The minimum atomic E-state index is -1.44. The summed E-state index contributed by atoms with van der Waals surface area (Å²) in [6.45, 7) is 0.455. The van der Waals surface area contributed by atoms with Crippen molar-refractivity contribution in [2.45, 2.75) is 6.54 Å². The van der Waals surface area contributed by atoms with Crippen molar-refractivity contribution < 1.29 is 14.8 Å². The molecule has 0 fully saturated rings. The monoisotopic (exact) mass is 191 g/mol. The van der Waals surface area contributed by atoms with E-state index in [0.29, 0.717) is 12.0 Å². The number of hydrogen-bond acceptors (Lipinski definition) is 3. The predicted molar refractivity (Wildman–Crippen MR) is 57.0 cm³/mol. The molecule has 1 aromatic carbocycles. The summed E-state index contributed by atoms with van der Waals surface area (Å²) >= 11 is 0. The van der Waals surface area contributed by atoms with E-state index < -0.39 is 7.12 Å². The molecule has 0 heterocycles. The van der Waals surface area contributed by atoms with Crippen molar-refractivity contribution in [1.29, 1.82) is 0 Å². The molecule has 3 N–H and O–H groups in total. The molecule has 0 saturated carbocycles. The van der Waals surface area contributed by atoms with Gasteiger partial charge in [-0.1, -0.05) is 24.3 Å². The van der Waals surface area contributed by atoms with Crippen molar-refractivity contribution in [3.05, 3.63) is 29.8 Å². The molecule has 14 heavy (non-hydrogen) atoms. The fourth-order valence-corrected chi connectivity index (χ4v) is 1.03. The first-order chi connectivity index (χ1) is 6.59. The van der Waals surface area contributed by atoms with Gasteiger partial charge in [-0.2, -0.15) is 0 Å². The maximum atomic E-state index is 10.6. The molecule has 0 aromatic heterocycles. The van der Waals surface area contributed by atoms with E-state index in [2.05, 4.69) is 5.32 Å². The lowest BCUT2D eigenvalue weighted by atomic mass is 9.80. The van der Waals surface area contributed by atoms with Crippen molar-refractivity contribution in [2.75, 3.05) is 0 Å². The Morgan fingerprint density at radius 1 is 1.36 bits per heavy atom. The van der Waals surface area contributed by atoms with Crippen molar-refractivity contribution in [1.82, 2.24) is 5.32 Å². The number of carbonyl (C=O) groups excluding carboxylic acids is 1. The number of benzene rings is 1. The second-order valence-corrected chi connectivity index (χ2v) is 3.02. The summed E-state index contributed by atoms with van der Waals surface area (Å²) in [5.41, 5.74) is 1.36. The van der Waals surface area contributed by atoms with Gasteiger partial charge in [0.2, 0.25) is 7.85 Å². The summed E-state index contributed by atoms with van der Waals surface area (Å²) in [5, 5.41) is 20.3. The SMILES string of the molecule is BC(=O)NCc1ccc(B(O)O)cc1. The first-order valence-corrected chi connectivity index (χ1v) is 4.29. The van der Waals surface area contributed by atoms with E-state index in [9.17, 15) is 4.79 Å². The number of amides is 1. The molecule has 6 heteroatoms. The van der Waals surface area contributed by atoms with E-state index in [1.165, 1.54) is 7.85 Å². The van der Waals surface area contributed by atoms with E-state index >= 15 is 0 Å². The third-order valence-electron chi connectivity index (χ3n) is 1.82. The highest BCUT2D eigenvalue weighted by molar-refractivity contribution is 6.58. The zero-order chi connectivity index (χ0) is 10.6. The number of nitrogens with one attached hydrogen (secondary N) is 1. The fourth-order valence-electron chi connectivity index (χ4n) is 1.03. The topological polar surface area (TPSA) is 69.6 Å². The summed E-state index contributed by atoms with van der Waals surface area (Å²) < 4.78 is 0. The van der Waals surface area contributed by atoms with Crippen LogP contribution in [-0.2, 0) is 6.54 Å². The molecule has 72 valence electrons. The van der Waals surface area contributed by atoms with Gasteiger partial charge in [0, 0.05) is 6.54 Å². The van der Waals surface area contributed by atoms with Gasteiger partial charge in [-0.15, -0.1) is 0 Å². The maximum Gasteiger partial charge on any atom is 0.488 e. The molecule has 0 radical (unpaired) electrons. The molecule has 0 spiro atoms. The lowest BCUT2D eigenvalue weighted by Gasteiger charge is -2.04. The van der Waals surface area contributed by atoms with Gasteiger partial charge in [-0.05, 0) is 11.0 Å². The molecule has 0 aliphatic carbocycles. The lowest BCUT2D eigenvalue weighted by Crippen LogP contribution is -2.29. The molecule has 0 saturated heterocycles. The highest BCUT2D eigenvalue weighted by Crippen LogP contribution is 1.96. The minimum Gasteiger partial charge on any atom is -0.423 e. The van der Waals surface area contributed by atoms with Crippen LogP contribution in [0, 0.1) is 0 Å². The van der Waals surface area contributed by atoms with Crippen LogP contribution in [0.1, 0.15) is 5.56 Å². The predicted octanol–water partition coefficient (Wildman–Crippen LogP) is -1.79. The Morgan fingerprint density at radius 2 is 1.93 bits per heavy atom. The van der Waals surface area contributed by atoms with Gasteiger partial charge in [0.1, 0.15) is 0 Å². The second-order valence-electron chi connectivity index (χ2n) is 3.02. The Hall–Kier alpha value is -1.26. The molecule has 0 aliphatic heterocycles. The Balaban J connectivity index is 2.59. The Kier molecular flexibility index (Phi) is 3.73. The molecule has 1 rings (SSSR count). The first kappa shape index (κ1) is 10.8. The molecule has 0 aliphatic rings. The van der Waals surface area contributed by atoms with Gasteiger partial charge in [0.05, 0.1) is 0 Å². The highest BCUT2D eigenvalue weighted by Gasteiger charge is 2.09. The van der Waals surface area contributed by atoms with Crippen molar-refractivity contribution in [2.24, 2.45) is 0 Å². The average Bonchev–Trinajstić information content (AvgIpc) is 2.15. The van der Waals surface area contributed by atoms with Crippen molar-refractivity contribution >= 4 is 26.2 Å². The van der Waals surface area contributed by atoms with Gasteiger partial charge >= 0.3 is 7.12 Å². The van der Waals surface area contributed by atoms with Crippen LogP contribution < -0.4 is 10.8 Å². The Bertz CT molecular complexity index is 313. The van der Waals surface area contributed by atoms with Gasteiger partial charge in [-0.3, -0.25) is 4.79 Å². The molecule has 4 nitrogen and oxygen atoms in total. The van der Waals surface area contributed by atoms with Crippen LogP contribution in [0.15, 0.2) is 24.3 Å². The van der Waals surface area contributed by atoms with Gasteiger partial charge in [0.15, 0.2) is 5.81 Å². The molecular weight excluding hydrogens is 180 g/mol. The first-order valence-electron chi connectivity index (χ1n) is 4.29. The zero-order valence-electron chi connectivity index (χ0n) is 7.90. The number of carbonyl (C=O) groups is 1. The largest absolute Gasteiger partial charge is 0.488 e. The van der Waals surface area contributed by atoms with Crippen molar-refractivity contribution in [3.8, 4) is 0 Å². The third kappa shape index (κ3) is 3.24. The quantitative estimate of drug-likeness (QED) is 0.494. The van der Waals surface area contributed by atoms with Crippen LogP contribution in [-0.4, -0.2) is 30.8 Å². The summed E-state index contributed by atoms with van der Waals surface area (Å²) in [6.07, 6.45) is 0. The Morgan fingerprint density at radius 3 is 2.36 bits per heavy atom. The van der Waals surface area contributed by atoms with Gasteiger partial charge in [-0.25, -0.2) is 0 Å². The zero-order valence-corrected chi connectivity index (χ0v) is 7.90. The lowest BCUT2D eigenvalue weighted by molar-refractivity contribution is 0.259. The summed E-state index contributed by atoms with van der Waals surface area (Å²) in [6, 6.07) is 6.71. The Labute approximate surface area is 83.5 Å². The fraction of sp³-hybridized carbons (Fsp3) is 0.125. The van der Waals surface area contributed by atoms with Crippen LogP contribution in [0.2, 0.25) is 0 Å². The summed E-state index contributed by atoms with van der Waals surface area (Å²) in [5.74, 6) is -0.0868.